The highest BCUT2D eigenvalue weighted by atomic mass is 127. The lowest BCUT2D eigenvalue weighted by Gasteiger charge is -2.10. The third kappa shape index (κ3) is 4.53. The molecule has 0 unspecified atom stereocenters. The van der Waals surface area contributed by atoms with Crippen molar-refractivity contribution in [3.8, 4) is 0 Å². The highest BCUT2D eigenvalue weighted by Gasteiger charge is 2.16. The average molecular weight is 370 g/mol. The van der Waals surface area contributed by atoms with E-state index in [0.717, 1.165) is 9.26 Å². The number of hydrogen-bond acceptors (Lipinski definition) is 1. The van der Waals surface area contributed by atoms with Crippen molar-refractivity contribution in [2.24, 2.45) is 5.92 Å². The van der Waals surface area contributed by atoms with Gasteiger partial charge in [0.05, 0.1) is 0 Å². The topological polar surface area (TPSA) is 41.1 Å². The molecule has 19 heavy (non-hydrogen) atoms. The first-order chi connectivity index (χ1) is 9.15. The van der Waals surface area contributed by atoms with E-state index in [2.05, 4.69) is 40.1 Å². The minimum Gasteiger partial charge on any atom is -0.314 e. The molecule has 0 aliphatic heterocycles. The second-order valence-corrected chi connectivity index (χ2v) is 6.22. The summed E-state index contributed by atoms with van der Waals surface area (Å²) in [5.41, 5.74) is 2.08. The van der Waals surface area contributed by atoms with E-state index < -0.39 is 0 Å². The summed E-state index contributed by atoms with van der Waals surface area (Å²) in [6.45, 7) is 2.10. The molecule has 0 aromatic heterocycles. The number of halogens is 1. The van der Waals surface area contributed by atoms with Crippen molar-refractivity contribution < 1.29 is 4.79 Å². The van der Waals surface area contributed by atoms with Crippen molar-refractivity contribution in [2.75, 3.05) is 5.32 Å². The summed E-state index contributed by atoms with van der Waals surface area (Å²) >= 11 is 2.24. The van der Waals surface area contributed by atoms with Crippen LogP contribution >= 0.6 is 22.6 Å². The van der Waals surface area contributed by atoms with Crippen molar-refractivity contribution in [2.45, 2.75) is 32.6 Å². The molecular formula is C15H19IN2O. The van der Waals surface area contributed by atoms with Gasteiger partial charge in [-0.05, 0) is 72.5 Å². The fraction of sp³-hybridized carbons (Fsp3) is 0.400. The van der Waals surface area contributed by atoms with Crippen molar-refractivity contribution in [1.29, 1.82) is 0 Å². The molecule has 1 aromatic rings. The van der Waals surface area contributed by atoms with Crippen LogP contribution in [-0.2, 0) is 0 Å². The van der Waals surface area contributed by atoms with E-state index in [-0.39, 0.29) is 6.03 Å². The monoisotopic (exact) mass is 370 g/mol. The fourth-order valence-electron chi connectivity index (χ4n) is 2.38. The van der Waals surface area contributed by atoms with Crippen LogP contribution in [0.4, 0.5) is 10.5 Å². The SMILES string of the molecule is C/C(=C\NC(=O)Nc1ccc(I)cc1)C1CCCC1. The predicted molar refractivity (Wildman–Crippen MR) is 87.0 cm³/mol. The number of carbonyl (C=O) groups excluding carboxylic acids is 1. The Morgan fingerprint density at radius 3 is 2.53 bits per heavy atom. The van der Waals surface area contributed by atoms with Gasteiger partial charge >= 0.3 is 6.03 Å². The largest absolute Gasteiger partial charge is 0.323 e. The van der Waals surface area contributed by atoms with Gasteiger partial charge in [-0.2, -0.15) is 0 Å². The number of amides is 2. The molecule has 0 saturated heterocycles. The number of benzene rings is 1. The van der Waals surface area contributed by atoms with Crippen molar-refractivity contribution >= 4 is 34.3 Å². The van der Waals surface area contributed by atoms with Crippen LogP contribution in [0.25, 0.3) is 0 Å². The van der Waals surface area contributed by atoms with Crippen LogP contribution in [0, 0.1) is 9.49 Å². The van der Waals surface area contributed by atoms with Gasteiger partial charge in [0, 0.05) is 15.5 Å². The highest BCUT2D eigenvalue weighted by molar-refractivity contribution is 14.1. The van der Waals surface area contributed by atoms with Gasteiger partial charge in [-0.1, -0.05) is 18.4 Å². The Morgan fingerprint density at radius 2 is 1.89 bits per heavy atom. The maximum Gasteiger partial charge on any atom is 0.323 e. The van der Waals surface area contributed by atoms with E-state index in [1.165, 1.54) is 31.3 Å². The summed E-state index contributed by atoms with van der Waals surface area (Å²) in [7, 11) is 0. The molecule has 1 saturated carbocycles. The lowest BCUT2D eigenvalue weighted by atomic mass is 10.0. The molecule has 102 valence electrons. The Labute approximate surface area is 128 Å². The molecule has 1 fully saturated rings. The standard InChI is InChI=1S/C15H19IN2O/c1-11(12-4-2-3-5-12)10-17-15(19)18-14-8-6-13(16)7-9-14/h6-10,12H,2-5H2,1H3,(H2,17,18,19)/b11-10+. The van der Waals surface area contributed by atoms with Gasteiger partial charge in [-0.25, -0.2) is 4.79 Å². The summed E-state index contributed by atoms with van der Waals surface area (Å²) in [5.74, 6) is 0.651. The zero-order valence-corrected chi connectivity index (χ0v) is 13.2. The Bertz CT molecular complexity index is 462. The van der Waals surface area contributed by atoms with Gasteiger partial charge < -0.3 is 10.6 Å². The van der Waals surface area contributed by atoms with Crippen LogP contribution < -0.4 is 10.6 Å². The zero-order chi connectivity index (χ0) is 13.7. The van der Waals surface area contributed by atoms with E-state index in [1.807, 2.05) is 30.5 Å². The average Bonchev–Trinajstić information content (AvgIpc) is 2.93. The second kappa shape index (κ2) is 6.93. The van der Waals surface area contributed by atoms with E-state index in [1.54, 1.807) is 0 Å². The number of rotatable bonds is 3. The van der Waals surface area contributed by atoms with Gasteiger partial charge in [0.1, 0.15) is 0 Å². The number of carbonyl (C=O) groups is 1. The number of nitrogens with one attached hydrogen (secondary N) is 2. The molecule has 0 heterocycles. The molecule has 1 aliphatic rings. The minimum atomic E-state index is -0.182. The van der Waals surface area contributed by atoms with Crippen LogP contribution in [0.3, 0.4) is 0 Å². The van der Waals surface area contributed by atoms with E-state index in [9.17, 15) is 4.79 Å². The molecular weight excluding hydrogens is 351 g/mol. The number of allylic oxidation sites excluding steroid dienone is 1. The van der Waals surface area contributed by atoms with E-state index in [0.29, 0.717) is 5.92 Å². The van der Waals surface area contributed by atoms with Crippen LogP contribution in [0.1, 0.15) is 32.6 Å². The lowest BCUT2D eigenvalue weighted by molar-refractivity contribution is 0.255. The molecule has 2 amide bonds. The fourth-order valence-corrected chi connectivity index (χ4v) is 2.74. The van der Waals surface area contributed by atoms with Crippen LogP contribution in [-0.4, -0.2) is 6.03 Å². The molecule has 2 N–H and O–H groups in total. The maximum atomic E-state index is 11.7. The first kappa shape index (κ1) is 14.4. The van der Waals surface area contributed by atoms with Crippen molar-refractivity contribution in [3.63, 3.8) is 0 Å². The normalized spacial score (nSPS) is 16.4. The summed E-state index contributed by atoms with van der Waals surface area (Å²) in [6.07, 6.45) is 6.97. The first-order valence-corrected chi connectivity index (χ1v) is 7.73. The Balaban J connectivity index is 1.83. The Morgan fingerprint density at radius 1 is 1.26 bits per heavy atom. The summed E-state index contributed by atoms with van der Waals surface area (Å²) < 4.78 is 1.15. The van der Waals surface area contributed by atoms with E-state index in [4.69, 9.17) is 0 Å². The van der Waals surface area contributed by atoms with Gasteiger partial charge in [0.25, 0.3) is 0 Å². The molecule has 0 bridgehead atoms. The Kier molecular flexibility index (Phi) is 5.24. The molecule has 1 aliphatic carbocycles. The highest BCUT2D eigenvalue weighted by Crippen LogP contribution is 2.30. The molecule has 1 aromatic carbocycles. The molecule has 0 radical (unpaired) electrons. The summed E-state index contributed by atoms with van der Waals surface area (Å²) in [5, 5.41) is 5.63. The van der Waals surface area contributed by atoms with Crippen LogP contribution in [0.15, 0.2) is 36.0 Å². The molecule has 0 spiro atoms. The Hall–Kier alpha value is -1.04. The smallest absolute Gasteiger partial charge is 0.314 e. The second-order valence-electron chi connectivity index (χ2n) is 4.98. The molecule has 2 rings (SSSR count). The van der Waals surface area contributed by atoms with Crippen LogP contribution in [0.2, 0.25) is 0 Å². The van der Waals surface area contributed by atoms with Gasteiger partial charge in [0.2, 0.25) is 0 Å². The van der Waals surface area contributed by atoms with Gasteiger partial charge in [-0.3, -0.25) is 0 Å². The van der Waals surface area contributed by atoms with E-state index >= 15 is 0 Å². The minimum absolute atomic E-state index is 0.182. The lowest BCUT2D eigenvalue weighted by Crippen LogP contribution is -2.24. The third-order valence-electron chi connectivity index (χ3n) is 3.53. The summed E-state index contributed by atoms with van der Waals surface area (Å²) in [4.78, 5) is 11.7. The molecule has 4 heteroatoms. The van der Waals surface area contributed by atoms with Crippen molar-refractivity contribution in [1.82, 2.24) is 5.32 Å². The predicted octanol–water partition coefficient (Wildman–Crippen LogP) is 4.51. The first-order valence-electron chi connectivity index (χ1n) is 6.65. The van der Waals surface area contributed by atoms with Crippen LogP contribution in [0.5, 0.6) is 0 Å². The quantitative estimate of drug-likeness (QED) is 0.756. The third-order valence-corrected chi connectivity index (χ3v) is 4.25. The maximum absolute atomic E-state index is 11.7. The number of urea groups is 1. The number of anilines is 1. The van der Waals surface area contributed by atoms with Gasteiger partial charge in [0.15, 0.2) is 0 Å². The summed E-state index contributed by atoms with van der Waals surface area (Å²) in [6, 6.07) is 7.55. The molecule has 3 nitrogen and oxygen atoms in total. The number of hydrogen-bond donors (Lipinski definition) is 2. The zero-order valence-electron chi connectivity index (χ0n) is 11.1. The van der Waals surface area contributed by atoms with Crippen molar-refractivity contribution in [3.05, 3.63) is 39.6 Å². The molecule has 0 atom stereocenters. The van der Waals surface area contributed by atoms with Gasteiger partial charge in [-0.15, -0.1) is 0 Å².